The van der Waals surface area contributed by atoms with Crippen molar-refractivity contribution in [1.82, 2.24) is 5.32 Å². The molecule has 0 aromatic rings. The number of hydrogen-bond donors (Lipinski definition) is 3. The molecule has 4 N–H and O–H groups in total. The molecular weight excluding hydrogens is 244 g/mol. The highest BCUT2D eigenvalue weighted by Crippen LogP contribution is 2.30. The van der Waals surface area contributed by atoms with Gasteiger partial charge >= 0.3 is 5.97 Å². The smallest absolute Gasteiger partial charge is 0.306 e. The van der Waals surface area contributed by atoms with Gasteiger partial charge in [0.25, 0.3) is 0 Å². The molecule has 5 nitrogen and oxygen atoms in total. The molecule has 5 heteroatoms. The summed E-state index contributed by atoms with van der Waals surface area (Å²) in [5.41, 5.74) is 5.64. The second-order valence-corrected chi connectivity index (χ2v) is 6.01. The Balaban J connectivity index is 1.75. The second kappa shape index (κ2) is 6.37. The van der Waals surface area contributed by atoms with Gasteiger partial charge in [0.05, 0.1) is 5.92 Å². The number of carboxylic acids is 1. The van der Waals surface area contributed by atoms with Gasteiger partial charge in [0.2, 0.25) is 5.91 Å². The van der Waals surface area contributed by atoms with Crippen LogP contribution < -0.4 is 11.1 Å². The van der Waals surface area contributed by atoms with Crippen molar-refractivity contribution in [2.45, 2.75) is 51.0 Å². The summed E-state index contributed by atoms with van der Waals surface area (Å²) in [5, 5.41) is 12.0. The first-order valence-corrected chi connectivity index (χ1v) is 7.33. The minimum Gasteiger partial charge on any atom is -0.481 e. The van der Waals surface area contributed by atoms with E-state index in [9.17, 15) is 9.59 Å². The van der Waals surface area contributed by atoms with Crippen LogP contribution in [0.2, 0.25) is 0 Å². The van der Waals surface area contributed by atoms with Gasteiger partial charge in [0.15, 0.2) is 0 Å². The van der Waals surface area contributed by atoms with E-state index < -0.39 is 5.97 Å². The fourth-order valence-electron chi connectivity index (χ4n) is 3.32. The van der Waals surface area contributed by atoms with E-state index in [1.807, 2.05) is 0 Å². The van der Waals surface area contributed by atoms with Crippen LogP contribution in [0.4, 0.5) is 0 Å². The van der Waals surface area contributed by atoms with E-state index in [-0.39, 0.29) is 23.8 Å². The summed E-state index contributed by atoms with van der Waals surface area (Å²) >= 11 is 0. The first-order valence-electron chi connectivity index (χ1n) is 7.33. The molecule has 2 atom stereocenters. The number of nitrogens with two attached hydrogens (primary N) is 1. The van der Waals surface area contributed by atoms with Crippen LogP contribution in [0.15, 0.2) is 0 Å². The van der Waals surface area contributed by atoms with Crippen LogP contribution in [0.1, 0.15) is 44.9 Å². The molecule has 19 heavy (non-hydrogen) atoms. The standard InChI is InChI=1S/C14H24N2O3/c15-8-9-1-3-10(4-2-9)13(17)16-12-6-5-11(7-12)14(18)19/h9-12H,1-8,15H2,(H,16,17)(H,18,19)/t9?,10?,11-,12+/m1/s1. The van der Waals surface area contributed by atoms with Crippen LogP contribution in [0.5, 0.6) is 0 Å². The van der Waals surface area contributed by atoms with Crippen molar-refractivity contribution in [3.63, 3.8) is 0 Å². The average molecular weight is 268 g/mol. The molecule has 0 bridgehead atoms. The van der Waals surface area contributed by atoms with Crippen molar-refractivity contribution in [3.05, 3.63) is 0 Å². The average Bonchev–Trinajstić information content (AvgIpc) is 2.87. The van der Waals surface area contributed by atoms with E-state index in [1.165, 1.54) is 0 Å². The lowest BCUT2D eigenvalue weighted by molar-refractivity contribution is -0.141. The number of carbonyl (C=O) groups excluding carboxylic acids is 1. The number of rotatable bonds is 4. The van der Waals surface area contributed by atoms with Crippen LogP contribution >= 0.6 is 0 Å². The topological polar surface area (TPSA) is 92.4 Å². The molecule has 0 saturated heterocycles. The maximum Gasteiger partial charge on any atom is 0.306 e. The van der Waals surface area contributed by atoms with Crippen LogP contribution in [-0.2, 0) is 9.59 Å². The van der Waals surface area contributed by atoms with Crippen LogP contribution in [0.3, 0.4) is 0 Å². The third-order valence-corrected chi connectivity index (χ3v) is 4.68. The Kier molecular flexibility index (Phi) is 4.80. The third kappa shape index (κ3) is 3.69. The van der Waals surface area contributed by atoms with E-state index in [0.717, 1.165) is 38.6 Å². The van der Waals surface area contributed by atoms with Gasteiger partial charge in [-0.15, -0.1) is 0 Å². The van der Waals surface area contributed by atoms with Crippen molar-refractivity contribution < 1.29 is 14.7 Å². The van der Waals surface area contributed by atoms with E-state index in [2.05, 4.69) is 5.32 Å². The summed E-state index contributed by atoms with van der Waals surface area (Å²) in [6.45, 7) is 0.719. The Hall–Kier alpha value is -1.10. The highest BCUT2D eigenvalue weighted by molar-refractivity contribution is 5.79. The van der Waals surface area contributed by atoms with E-state index in [4.69, 9.17) is 10.8 Å². The van der Waals surface area contributed by atoms with E-state index in [0.29, 0.717) is 18.8 Å². The van der Waals surface area contributed by atoms with Crippen molar-refractivity contribution in [2.24, 2.45) is 23.5 Å². The first-order chi connectivity index (χ1) is 9.10. The Morgan fingerprint density at radius 1 is 1.05 bits per heavy atom. The fraction of sp³-hybridized carbons (Fsp3) is 0.857. The van der Waals surface area contributed by atoms with Crippen LogP contribution in [-0.4, -0.2) is 29.6 Å². The molecule has 2 rings (SSSR count). The maximum atomic E-state index is 12.1. The Morgan fingerprint density at radius 3 is 2.21 bits per heavy atom. The zero-order valence-electron chi connectivity index (χ0n) is 11.3. The zero-order valence-corrected chi connectivity index (χ0v) is 11.3. The number of hydrogen-bond acceptors (Lipinski definition) is 3. The van der Waals surface area contributed by atoms with Gasteiger partial charge in [0, 0.05) is 12.0 Å². The summed E-state index contributed by atoms with van der Waals surface area (Å²) in [6.07, 6.45) is 5.97. The second-order valence-electron chi connectivity index (χ2n) is 6.01. The monoisotopic (exact) mass is 268 g/mol. The molecule has 2 fully saturated rings. The minimum absolute atomic E-state index is 0.0563. The molecule has 0 heterocycles. The molecule has 2 saturated carbocycles. The van der Waals surface area contributed by atoms with Crippen LogP contribution in [0.25, 0.3) is 0 Å². The molecule has 2 aliphatic carbocycles. The predicted octanol–water partition coefficient (Wildman–Crippen LogP) is 1.12. The summed E-state index contributed by atoms with van der Waals surface area (Å²) < 4.78 is 0. The van der Waals surface area contributed by atoms with E-state index in [1.54, 1.807) is 0 Å². The molecule has 0 aromatic carbocycles. The van der Waals surface area contributed by atoms with Gasteiger partial charge in [-0.1, -0.05) is 0 Å². The van der Waals surface area contributed by atoms with Crippen molar-refractivity contribution in [1.29, 1.82) is 0 Å². The molecular formula is C14H24N2O3. The summed E-state index contributed by atoms with van der Waals surface area (Å²) in [5.74, 6) is -0.219. The van der Waals surface area contributed by atoms with Crippen LogP contribution in [0, 0.1) is 17.8 Å². The van der Waals surface area contributed by atoms with Gasteiger partial charge in [0.1, 0.15) is 0 Å². The Morgan fingerprint density at radius 2 is 1.68 bits per heavy atom. The molecule has 108 valence electrons. The van der Waals surface area contributed by atoms with Crippen molar-refractivity contribution in [3.8, 4) is 0 Å². The summed E-state index contributed by atoms with van der Waals surface area (Å²) in [4.78, 5) is 23.0. The SMILES string of the molecule is NCC1CCC(C(=O)N[C@H]2CC[C@@H](C(=O)O)C2)CC1. The predicted molar refractivity (Wildman–Crippen MR) is 71.4 cm³/mol. The molecule has 0 aromatic heterocycles. The summed E-state index contributed by atoms with van der Waals surface area (Å²) in [6, 6.07) is 0.0563. The molecule has 0 spiro atoms. The highest BCUT2D eigenvalue weighted by Gasteiger charge is 2.32. The molecule has 1 amide bonds. The lowest BCUT2D eigenvalue weighted by atomic mass is 9.81. The Labute approximate surface area is 113 Å². The number of carbonyl (C=O) groups is 2. The normalized spacial score (nSPS) is 35.0. The van der Waals surface area contributed by atoms with Gasteiger partial charge in [-0.2, -0.15) is 0 Å². The number of nitrogens with one attached hydrogen (secondary N) is 1. The van der Waals surface area contributed by atoms with Crippen molar-refractivity contribution >= 4 is 11.9 Å². The summed E-state index contributed by atoms with van der Waals surface area (Å²) in [7, 11) is 0. The molecule has 0 unspecified atom stereocenters. The highest BCUT2D eigenvalue weighted by atomic mass is 16.4. The number of amides is 1. The van der Waals surface area contributed by atoms with E-state index >= 15 is 0 Å². The maximum absolute atomic E-state index is 12.1. The lowest BCUT2D eigenvalue weighted by Gasteiger charge is -2.27. The van der Waals surface area contributed by atoms with Gasteiger partial charge in [-0.3, -0.25) is 9.59 Å². The molecule has 0 radical (unpaired) electrons. The third-order valence-electron chi connectivity index (χ3n) is 4.68. The quantitative estimate of drug-likeness (QED) is 0.712. The number of carboxylic acid groups (broad SMARTS) is 1. The Bertz CT molecular complexity index is 338. The minimum atomic E-state index is -0.736. The molecule has 0 aliphatic heterocycles. The van der Waals surface area contributed by atoms with Gasteiger partial charge in [-0.25, -0.2) is 0 Å². The van der Waals surface area contributed by atoms with Crippen molar-refractivity contribution in [2.75, 3.05) is 6.54 Å². The van der Waals surface area contributed by atoms with Gasteiger partial charge < -0.3 is 16.2 Å². The molecule has 2 aliphatic rings. The fourth-order valence-corrected chi connectivity index (χ4v) is 3.32. The van der Waals surface area contributed by atoms with Gasteiger partial charge in [-0.05, 0) is 57.4 Å². The zero-order chi connectivity index (χ0) is 13.8. The lowest BCUT2D eigenvalue weighted by Crippen LogP contribution is -2.39. The number of aliphatic carboxylic acids is 1. The first kappa shape index (κ1) is 14.3. The largest absolute Gasteiger partial charge is 0.481 e.